The number of hydrogen-bond donors (Lipinski definition) is 1. The summed E-state index contributed by atoms with van der Waals surface area (Å²) in [7, 11) is 1.59. The standard InChI is InChI=1S/C21H25FN2O2/c1-15(17-6-5-7-18(22)14-17)24-12-10-16(11-13-24)21(25)23-19-8-3-4-9-20(19)26-2/h3-9,14-16H,10-13H2,1-2H3,(H,23,25). The molecule has 0 spiro atoms. The van der Waals surface area contributed by atoms with Gasteiger partial charge in [-0.25, -0.2) is 4.39 Å². The molecule has 0 radical (unpaired) electrons. The Morgan fingerprint density at radius 3 is 2.62 bits per heavy atom. The molecule has 0 aromatic heterocycles. The average Bonchev–Trinajstić information content (AvgIpc) is 2.68. The first-order valence-electron chi connectivity index (χ1n) is 9.02. The minimum absolute atomic E-state index is 0.0177. The molecule has 138 valence electrons. The molecule has 3 rings (SSSR count). The van der Waals surface area contributed by atoms with Gasteiger partial charge in [0.2, 0.25) is 5.91 Å². The first-order chi connectivity index (χ1) is 12.6. The molecular weight excluding hydrogens is 331 g/mol. The molecule has 4 nitrogen and oxygen atoms in total. The van der Waals surface area contributed by atoms with Gasteiger partial charge in [-0.1, -0.05) is 24.3 Å². The number of para-hydroxylation sites is 2. The summed E-state index contributed by atoms with van der Waals surface area (Å²) in [4.78, 5) is 14.9. The number of hydrogen-bond acceptors (Lipinski definition) is 3. The van der Waals surface area contributed by atoms with Gasteiger partial charge < -0.3 is 10.1 Å². The first kappa shape index (κ1) is 18.4. The number of benzene rings is 2. The van der Waals surface area contributed by atoms with Gasteiger partial charge in [0, 0.05) is 12.0 Å². The molecule has 2 aromatic rings. The van der Waals surface area contributed by atoms with E-state index in [2.05, 4.69) is 17.1 Å². The number of anilines is 1. The SMILES string of the molecule is COc1ccccc1NC(=O)C1CCN(C(C)c2cccc(F)c2)CC1. The number of likely N-dealkylation sites (tertiary alicyclic amines) is 1. The second-order valence-corrected chi connectivity index (χ2v) is 6.73. The van der Waals surface area contributed by atoms with E-state index in [0.29, 0.717) is 11.4 Å². The number of carbonyl (C=O) groups is 1. The average molecular weight is 356 g/mol. The van der Waals surface area contributed by atoms with Gasteiger partial charge in [0.15, 0.2) is 0 Å². The van der Waals surface area contributed by atoms with Crippen molar-refractivity contribution in [1.29, 1.82) is 0 Å². The van der Waals surface area contributed by atoms with Crippen molar-refractivity contribution in [2.45, 2.75) is 25.8 Å². The van der Waals surface area contributed by atoms with Crippen molar-refractivity contribution >= 4 is 11.6 Å². The number of methoxy groups -OCH3 is 1. The molecule has 1 heterocycles. The fourth-order valence-corrected chi connectivity index (χ4v) is 3.51. The number of nitrogens with zero attached hydrogens (tertiary/aromatic N) is 1. The lowest BCUT2D eigenvalue weighted by Crippen LogP contribution is -2.39. The number of amides is 1. The molecule has 1 aliphatic rings. The van der Waals surface area contributed by atoms with Crippen LogP contribution >= 0.6 is 0 Å². The molecule has 1 N–H and O–H groups in total. The monoisotopic (exact) mass is 356 g/mol. The first-order valence-corrected chi connectivity index (χ1v) is 9.02. The molecule has 0 saturated carbocycles. The molecule has 5 heteroatoms. The Balaban J connectivity index is 1.57. The molecule has 0 bridgehead atoms. The Bertz CT molecular complexity index is 757. The topological polar surface area (TPSA) is 41.6 Å². The van der Waals surface area contributed by atoms with E-state index in [9.17, 15) is 9.18 Å². The second-order valence-electron chi connectivity index (χ2n) is 6.73. The number of nitrogens with one attached hydrogen (secondary N) is 1. The molecule has 2 aromatic carbocycles. The molecule has 1 fully saturated rings. The van der Waals surface area contributed by atoms with Crippen LogP contribution in [0.15, 0.2) is 48.5 Å². The predicted molar refractivity (Wildman–Crippen MR) is 101 cm³/mol. The predicted octanol–water partition coefficient (Wildman–Crippen LogP) is 4.25. The van der Waals surface area contributed by atoms with E-state index in [1.165, 1.54) is 6.07 Å². The Hall–Kier alpha value is -2.40. The molecule has 26 heavy (non-hydrogen) atoms. The zero-order chi connectivity index (χ0) is 18.5. The van der Waals surface area contributed by atoms with Gasteiger partial charge in [-0.3, -0.25) is 9.69 Å². The van der Waals surface area contributed by atoms with E-state index in [0.717, 1.165) is 31.5 Å². The summed E-state index contributed by atoms with van der Waals surface area (Å²) < 4.78 is 18.7. The lowest BCUT2D eigenvalue weighted by Gasteiger charge is -2.35. The Morgan fingerprint density at radius 2 is 1.92 bits per heavy atom. The molecule has 1 aliphatic heterocycles. The van der Waals surface area contributed by atoms with Gasteiger partial charge in [-0.2, -0.15) is 0 Å². The van der Waals surface area contributed by atoms with Gasteiger partial charge in [-0.15, -0.1) is 0 Å². The lowest BCUT2D eigenvalue weighted by molar-refractivity contribution is -0.121. The van der Waals surface area contributed by atoms with Crippen molar-refractivity contribution in [3.05, 3.63) is 59.9 Å². The number of ether oxygens (including phenoxy) is 1. The van der Waals surface area contributed by atoms with Crippen LogP contribution in [0.5, 0.6) is 5.75 Å². The third-order valence-corrected chi connectivity index (χ3v) is 5.14. The van der Waals surface area contributed by atoms with Crippen molar-refractivity contribution in [2.24, 2.45) is 5.92 Å². The van der Waals surface area contributed by atoms with E-state index < -0.39 is 0 Å². The van der Waals surface area contributed by atoms with E-state index in [1.807, 2.05) is 30.3 Å². The number of halogens is 1. The van der Waals surface area contributed by atoms with Crippen LogP contribution in [0.2, 0.25) is 0 Å². The maximum atomic E-state index is 13.4. The van der Waals surface area contributed by atoms with Crippen LogP contribution in [-0.4, -0.2) is 31.0 Å². The van der Waals surface area contributed by atoms with Crippen LogP contribution in [-0.2, 0) is 4.79 Å². The fraction of sp³-hybridized carbons (Fsp3) is 0.381. The minimum Gasteiger partial charge on any atom is -0.495 e. The van der Waals surface area contributed by atoms with Crippen LogP contribution in [0, 0.1) is 11.7 Å². The summed E-state index contributed by atoms with van der Waals surface area (Å²) in [5.74, 6) is 0.474. The van der Waals surface area contributed by atoms with Crippen molar-refractivity contribution in [2.75, 3.05) is 25.5 Å². The van der Waals surface area contributed by atoms with Crippen molar-refractivity contribution in [3.63, 3.8) is 0 Å². The van der Waals surface area contributed by atoms with Gasteiger partial charge >= 0.3 is 0 Å². The molecule has 1 saturated heterocycles. The highest BCUT2D eigenvalue weighted by atomic mass is 19.1. The highest BCUT2D eigenvalue weighted by molar-refractivity contribution is 5.94. The van der Waals surface area contributed by atoms with Gasteiger partial charge in [0.05, 0.1) is 12.8 Å². The largest absolute Gasteiger partial charge is 0.495 e. The minimum atomic E-state index is -0.208. The van der Waals surface area contributed by atoms with Gasteiger partial charge in [0.25, 0.3) is 0 Å². The summed E-state index contributed by atoms with van der Waals surface area (Å²) in [6.07, 6.45) is 1.58. The van der Waals surface area contributed by atoms with Crippen molar-refractivity contribution < 1.29 is 13.9 Å². The maximum absolute atomic E-state index is 13.4. The van der Waals surface area contributed by atoms with Crippen LogP contribution in [0.4, 0.5) is 10.1 Å². The van der Waals surface area contributed by atoms with Crippen LogP contribution in [0.3, 0.4) is 0 Å². The Labute approximate surface area is 154 Å². The summed E-state index contributed by atoms with van der Waals surface area (Å²) in [5.41, 5.74) is 1.68. The number of rotatable bonds is 5. The molecule has 1 unspecified atom stereocenters. The number of carbonyl (C=O) groups excluding carboxylic acids is 1. The van der Waals surface area contributed by atoms with Crippen LogP contribution in [0.1, 0.15) is 31.4 Å². The number of piperidine rings is 1. The molecular formula is C21H25FN2O2. The molecule has 1 atom stereocenters. The van der Waals surface area contributed by atoms with Gasteiger partial charge in [-0.05, 0) is 62.7 Å². The fourth-order valence-electron chi connectivity index (χ4n) is 3.51. The Kier molecular flexibility index (Phi) is 5.89. The lowest BCUT2D eigenvalue weighted by atomic mass is 9.93. The van der Waals surface area contributed by atoms with Crippen LogP contribution in [0.25, 0.3) is 0 Å². The summed E-state index contributed by atoms with van der Waals surface area (Å²) in [6.45, 7) is 3.73. The maximum Gasteiger partial charge on any atom is 0.227 e. The van der Waals surface area contributed by atoms with E-state index in [1.54, 1.807) is 19.2 Å². The molecule has 1 amide bonds. The third kappa shape index (κ3) is 4.22. The highest BCUT2D eigenvalue weighted by Gasteiger charge is 2.28. The third-order valence-electron chi connectivity index (χ3n) is 5.14. The molecule has 0 aliphatic carbocycles. The van der Waals surface area contributed by atoms with E-state index >= 15 is 0 Å². The highest BCUT2D eigenvalue weighted by Crippen LogP contribution is 2.29. The quantitative estimate of drug-likeness (QED) is 0.871. The summed E-state index contributed by atoms with van der Waals surface area (Å²) in [6, 6.07) is 14.3. The Morgan fingerprint density at radius 1 is 1.19 bits per heavy atom. The van der Waals surface area contributed by atoms with E-state index in [4.69, 9.17) is 4.74 Å². The van der Waals surface area contributed by atoms with Crippen molar-refractivity contribution in [1.82, 2.24) is 4.90 Å². The summed E-state index contributed by atoms with van der Waals surface area (Å²) >= 11 is 0. The zero-order valence-corrected chi connectivity index (χ0v) is 15.2. The normalized spacial score (nSPS) is 16.9. The van der Waals surface area contributed by atoms with E-state index in [-0.39, 0.29) is 23.7 Å². The smallest absolute Gasteiger partial charge is 0.227 e. The second kappa shape index (κ2) is 8.32. The zero-order valence-electron chi connectivity index (χ0n) is 15.2. The van der Waals surface area contributed by atoms with Crippen molar-refractivity contribution in [3.8, 4) is 5.75 Å². The van der Waals surface area contributed by atoms with Gasteiger partial charge in [0.1, 0.15) is 11.6 Å². The summed E-state index contributed by atoms with van der Waals surface area (Å²) in [5, 5.41) is 2.98. The van der Waals surface area contributed by atoms with Crippen LogP contribution < -0.4 is 10.1 Å².